The monoisotopic (exact) mass is 488 g/mol. The molecule has 2 unspecified atom stereocenters. The number of nitrogens with one attached hydrogen (secondary N) is 1. The van der Waals surface area contributed by atoms with Crippen LogP contribution >= 0.6 is 11.8 Å². The van der Waals surface area contributed by atoms with Crippen LogP contribution in [0, 0.1) is 0 Å². The van der Waals surface area contributed by atoms with Crippen molar-refractivity contribution >= 4 is 28.6 Å². The smallest absolute Gasteiger partial charge is 0.262 e. The minimum atomic E-state index is -0.408. The highest BCUT2D eigenvalue weighted by molar-refractivity contribution is 8.00. The number of para-hydroxylation sites is 1. The van der Waals surface area contributed by atoms with Gasteiger partial charge in [-0.25, -0.2) is 4.98 Å². The van der Waals surface area contributed by atoms with Crippen LogP contribution in [-0.4, -0.2) is 44.7 Å². The highest BCUT2D eigenvalue weighted by Crippen LogP contribution is 2.24. The Labute approximate surface area is 208 Å². The molecule has 35 heavy (non-hydrogen) atoms. The number of carbonyl (C=O) groups excluding carboxylic acids is 1. The van der Waals surface area contributed by atoms with E-state index in [2.05, 4.69) is 34.5 Å². The molecular formula is C27H28N4O3S. The van der Waals surface area contributed by atoms with Crippen LogP contribution in [0.2, 0.25) is 0 Å². The third kappa shape index (κ3) is 5.49. The second-order valence-electron chi connectivity index (χ2n) is 8.86. The Balaban J connectivity index is 1.28. The summed E-state index contributed by atoms with van der Waals surface area (Å²) in [5.41, 5.74) is 1.76. The van der Waals surface area contributed by atoms with Crippen molar-refractivity contribution in [3.05, 3.63) is 94.7 Å². The topological polar surface area (TPSA) is 80.4 Å². The van der Waals surface area contributed by atoms with Crippen molar-refractivity contribution in [2.45, 2.75) is 42.9 Å². The molecule has 4 aromatic rings. The number of thioether (sulfide) groups is 1. The van der Waals surface area contributed by atoms with Crippen molar-refractivity contribution < 1.29 is 9.21 Å². The SMILES string of the molecule is CC(Sc1nc2ccccc2c(=O)n1Cc1ccco1)C(=O)NC1CCN(Cc2ccccc2)C1. The predicted molar refractivity (Wildman–Crippen MR) is 137 cm³/mol. The van der Waals surface area contributed by atoms with Crippen LogP contribution in [0.15, 0.2) is 87.4 Å². The van der Waals surface area contributed by atoms with Crippen molar-refractivity contribution in [1.29, 1.82) is 0 Å². The molecule has 0 radical (unpaired) electrons. The second-order valence-corrected chi connectivity index (χ2v) is 10.2. The molecule has 5 rings (SSSR count). The zero-order valence-electron chi connectivity index (χ0n) is 19.6. The Hall–Kier alpha value is -3.36. The summed E-state index contributed by atoms with van der Waals surface area (Å²) in [4.78, 5) is 33.4. The zero-order valence-corrected chi connectivity index (χ0v) is 20.4. The van der Waals surface area contributed by atoms with E-state index < -0.39 is 5.25 Å². The van der Waals surface area contributed by atoms with Crippen LogP contribution in [-0.2, 0) is 17.9 Å². The maximum absolute atomic E-state index is 13.3. The molecule has 1 N–H and O–H groups in total. The van der Waals surface area contributed by atoms with Gasteiger partial charge in [-0.1, -0.05) is 54.2 Å². The van der Waals surface area contributed by atoms with Crippen molar-refractivity contribution in [3.63, 3.8) is 0 Å². The summed E-state index contributed by atoms with van der Waals surface area (Å²) in [6.45, 7) is 4.79. The summed E-state index contributed by atoms with van der Waals surface area (Å²) in [7, 11) is 0. The van der Waals surface area contributed by atoms with Gasteiger partial charge >= 0.3 is 0 Å². The maximum Gasteiger partial charge on any atom is 0.262 e. The zero-order chi connectivity index (χ0) is 24.2. The molecule has 8 heteroatoms. The van der Waals surface area contributed by atoms with E-state index in [4.69, 9.17) is 9.40 Å². The number of fused-ring (bicyclic) bond motifs is 1. The number of likely N-dealkylation sites (tertiary alicyclic amines) is 1. The molecule has 0 bridgehead atoms. The fourth-order valence-corrected chi connectivity index (χ4v) is 5.32. The first-order valence-electron chi connectivity index (χ1n) is 11.8. The molecule has 2 aromatic carbocycles. The van der Waals surface area contributed by atoms with Crippen LogP contribution in [0.5, 0.6) is 0 Å². The van der Waals surface area contributed by atoms with Gasteiger partial charge in [-0.05, 0) is 43.2 Å². The maximum atomic E-state index is 13.3. The fraction of sp³-hybridized carbons (Fsp3) is 0.296. The lowest BCUT2D eigenvalue weighted by Gasteiger charge is -2.19. The fourth-order valence-electron chi connectivity index (χ4n) is 4.40. The van der Waals surface area contributed by atoms with Crippen LogP contribution in [0.3, 0.4) is 0 Å². The quantitative estimate of drug-likeness (QED) is 0.299. The van der Waals surface area contributed by atoms with Crippen LogP contribution in [0.25, 0.3) is 10.9 Å². The molecule has 1 amide bonds. The highest BCUT2D eigenvalue weighted by atomic mass is 32.2. The first-order chi connectivity index (χ1) is 17.1. The van der Waals surface area contributed by atoms with Crippen molar-refractivity contribution in [2.24, 2.45) is 0 Å². The number of carbonyl (C=O) groups is 1. The minimum absolute atomic E-state index is 0.0477. The van der Waals surface area contributed by atoms with Crippen molar-refractivity contribution in [2.75, 3.05) is 13.1 Å². The summed E-state index contributed by atoms with van der Waals surface area (Å²) in [6, 6.07) is 21.4. The van der Waals surface area contributed by atoms with Gasteiger partial charge in [0.05, 0.1) is 29.0 Å². The molecule has 0 saturated carbocycles. The van der Waals surface area contributed by atoms with E-state index in [1.165, 1.54) is 17.3 Å². The summed E-state index contributed by atoms with van der Waals surface area (Å²) in [5, 5.41) is 3.84. The molecule has 7 nitrogen and oxygen atoms in total. The largest absolute Gasteiger partial charge is 0.467 e. The number of nitrogens with zero attached hydrogens (tertiary/aromatic N) is 3. The van der Waals surface area contributed by atoms with E-state index in [0.717, 1.165) is 26.1 Å². The van der Waals surface area contributed by atoms with Gasteiger partial charge in [-0.3, -0.25) is 19.1 Å². The molecule has 2 atom stereocenters. The number of rotatable bonds is 8. The van der Waals surface area contributed by atoms with Gasteiger partial charge < -0.3 is 9.73 Å². The Morgan fingerprint density at radius 3 is 2.71 bits per heavy atom. The first-order valence-corrected chi connectivity index (χ1v) is 12.7. The molecule has 0 spiro atoms. The summed E-state index contributed by atoms with van der Waals surface area (Å²) < 4.78 is 7.06. The highest BCUT2D eigenvalue weighted by Gasteiger charge is 2.27. The number of aromatic nitrogens is 2. The molecule has 1 saturated heterocycles. The van der Waals surface area contributed by atoms with Gasteiger partial charge in [0.1, 0.15) is 5.76 Å². The van der Waals surface area contributed by atoms with E-state index in [9.17, 15) is 9.59 Å². The number of amides is 1. The van der Waals surface area contributed by atoms with E-state index in [0.29, 0.717) is 21.8 Å². The molecule has 180 valence electrons. The standard InChI is InChI=1S/C27H28N4O3S/c1-19(25(32)28-21-13-14-30(17-21)16-20-8-3-2-4-9-20)35-27-29-24-12-6-5-11-23(24)26(33)31(27)18-22-10-7-15-34-22/h2-12,15,19,21H,13-14,16-18H2,1H3,(H,28,32). The minimum Gasteiger partial charge on any atom is -0.467 e. The van der Waals surface area contributed by atoms with Crippen LogP contribution < -0.4 is 10.9 Å². The normalized spacial score (nSPS) is 17.0. The average molecular weight is 489 g/mol. The van der Waals surface area contributed by atoms with Crippen molar-refractivity contribution in [1.82, 2.24) is 19.8 Å². The number of hydrogen-bond acceptors (Lipinski definition) is 6. The summed E-state index contributed by atoms with van der Waals surface area (Å²) in [6.07, 6.45) is 2.51. The molecule has 1 aliphatic rings. The second kappa shape index (κ2) is 10.5. The number of furan rings is 1. The number of benzene rings is 2. The van der Waals surface area contributed by atoms with Crippen LogP contribution in [0.4, 0.5) is 0 Å². The van der Waals surface area contributed by atoms with Gasteiger partial charge in [0.15, 0.2) is 5.16 Å². The van der Waals surface area contributed by atoms with Gasteiger partial charge in [-0.2, -0.15) is 0 Å². The Kier molecular flexibility index (Phi) is 7.01. The van der Waals surface area contributed by atoms with Gasteiger partial charge in [0.2, 0.25) is 5.91 Å². The van der Waals surface area contributed by atoms with E-state index >= 15 is 0 Å². The third-order valence-electron chi connectivity index (χ3n) is 6.24. The first kappa shape index (κ1) is 23.4. The molecule has 0 aliphatic carbocycles. The lowest BCUT2D eigenvalue weighted by atomic mass is 10.2. The molecule has 3 heterocycles. The lowest BCUT2D eigenvalue weighted by Crippen LogP contribution is -2.41. The van der Waals surface area contributed by atoms with Gasteiger partial charge in [0, 0.05) is 25.7 Å². The molecular weight excluding hydrogens is 460 g/mol. The van der Waals surface area contributed by atoms with Gasteiger partial charge in [-0.15, -0.1) is 0 Å². The predicted octanol–water partition coefficient (Wildman–Crippen LogP) is 3.91. The number of hydrogen-bond donors (Lipinski definition) is 1. The molecule has 1 fully saturated rings. The Bertz CT molecular complexity index is 1350. The average Bonchev–Trinajstić information content (AvgIpc) is 3.54. The van der Waals surface area contributed by atoms with E-state index in [1.807, 2.05) is 37.3 Å². The van der Waals surface area contributed by atoms with Crippen molar-refractivity contribution in [3.8, 4) is 0 Å². The molecule has 1 aliphatic heterocycles. The van der Waals surface area contributed by atoms with Gasteiger partial charge in [0.25, 0.3) is 5.56 Å². The summed E-state index contributed by atoms with van der Waals surface area (Å²) >= 11 is 1.30. The molecule has 2 aromatic heterocycles. The van der Waals surface area contributed by atoms with Crippen LogP contribution in [0.1, 0.15) is 24.7 Å². The lowest BCUT2D eigenvalue weighted by molar-refractivity contribution is -0.120. The summed E-state index contributed by atoms with van der Waals surface area (Å²) in [5.74, 6) is 0.612. The Morgan fingerprint density at radius 1 is 1.11 bits per heavy atom. The van der Waals surface area contributed by atoms with E-state index in [-0.39, 0.29) is 24.1 Å². The Morgan fingerprint density at radius 2 is 1.91 bits per heavy atom. The third-order valence-corrected chi connectivity index (χ3v) is 7.33. The van der Waals surface area contributed by atoms with E-state index in [1.54, 1.807) is 23.0 Å².